The number of carbonyl (C=O) groups is 1. The molecule has 0 bridgehead atoms. The molecule has 1 aliphatic heterocycles. The molecule has 1 atom stereocenters. The maximum absolute atomic E-state index is 12.9. The summed E-state index contributed by atoms with van der Waals surface area (Å²) in [5.74, 6) is 0.565. The summed E-state index contributed by atoms with van der Waals surface area (Å²) in [5.41, 5.74) is 0.807. The third kappa shape index (κ3) is 2.95. The molecule has 1 aliphatic carbocycles. The van der Waals surface area contributed by atoms with Crippen molar-refractivity contribution < 1.29 is 13.2 Å². The smallest absolute Gasteiger partial charge is 0.228 e. The Bertz CT molecular complexity index is 871. The first-order valence-electron chi connectivity index (χ1n) is 8.37. The van der Waals surface area contributed by atoms with Crippen LogP contribution in [-0.4, -0.2) is 47.7 Å². The first-order chi connectivity index (χ1) is 11.5. The summed E-state index contributed by atoms with van der Waals surface area (Å²) in [4.78, 5) is 14.7. The van der Waals surface area contributed by atoms with Gasteiger partial charge in [-0.3, -0.25) is 4.79 Å². The van der Waals surface area contributed by atoms with Crippen LogP contribution in [0.2, 0.25) is 0 Å². The minimum absolute atomic E-state index is 0.0119. The number of aromatic nitrogens is 1. The Morgan fingerprint density at radius 3 is 2.83 bits per heavy atom. The Kier molecular flexibility index (Phi) is 4.08. The summed E-state index contributed by atoms with van der Waals surface area (Å²) in [6, 6.07) is 7.77. The summed E-state index contributed by atoms with van der Waals surface area (Å²) >= 11 is 1.41. The fourth-order valence-corrected chi connectivity index (χ4v) is 6.08. The summed E-state index contributed by atoms with van der Waals surface area (Å²) in [6.07, 6.45) is 3.46. The highest BCUT2D eigenvalue weighted by Crippen LogP contribution is 2.35. The number of hydrogen-bond donors (Lipinski definition) is 0. The van der Waals surface area contributed by atoms with E-state index in [9.17, 15) is 13.2 Å². The minimum Gasteiger partial charge on any atom is -0.337 e. The lowest BCUT2D eigenvalue weighted by Crippen LogP contribution is -2.56. The highest BCUT2D eigenvalue weighted by Gasteiger charge is 2.40. The van der Waals surface area contributed by atoms with Gasteiger partial charge in [0, 0.05) is 18.0 Å². The molecule has 2 heterocycles. The van der Waals surface area contributed by atoms with E-state index in [0.29, 0.717) is 12.5 Å². The SMILES string of the molecule is O=C(Cc1nsc2ccccc12)N1CCS(=O)(=O)CC1C1CCC1. The molecule has 1 aromatic heterocycles. The molecule has 2 aromatic rings. The molecule has 2 fully saturated rings. The Morgan fingerprint density at radius 2 is 2.08 bits per heavy atom. The van der Waals surface area contributed by atoms with E-state index in [-0.39, 0.29) is 29.9 Å². The van der Waals surface area contributed by atoms with Gasteiger partial charge in [0.2, 0.25) is 5.91 Å². The lowest BCUT2D eigenvalue weighted by molar-refractivity contribution is -0.134. The van der Waals surface area contributed by atoms with Crippen LogP contribution in [0.5, 0.6) is 0 Å². The van der Waals surface area contributed by atoms with Crippen LogP contribution in [0.15, 0.2) is 24.3 Å². The molecule has 1 aromatic carbocycles. The van der Waals surface area contributed by atoms with Crippen molar-refractivity contribution in [2.24, 2.45) is 5.92 Å². The zero-order chi connectivity index (χ0) is 16.7. The number of amides is 1. The second-order valence-electron chi connectivity index (χ2n) is 6.76. The Hall–Kier alpha value is -1.47. The molecule has 0 radical (unpaired) electrons. The third-order valence-electron chi connectivity index (χ3n) is 5.25. The lowest BCUT2D eigenvalue weighted by atomic mass is 9.79. The van der Waals surface area contributed by atoms with E-state index in [0.717, 1.165) is 35.0 Å². The van der Waals surface area contributed by atoms with Gasteiger partial charge in [0.1, 0.15) is 0 Å². The molecule has 1 saturated heterocycles. The fourth-order valence-electron chi connectivity index (χ4n) is 3.67. The topological polar surface area (TPSA) is 67.3 Å². The van der Waals surface area contributed by atoms with Crippen LogP contribution < -0.4 is 0 Å². The van der Waals surface area contributed by atoms with Crippen molar-refractivity contribution in [3.8, 4) is 0 Å². The molecule has 1 amide bonds. The molecular weight excluding hydrogens is 344 g/mol. The largest absolute Gasteiger partial charge is 0.337 e. The first-order valence-corrected chi connectivity index (χ1v) is 11.0. The van der Waals surface area contributed by atoms with Crippen LogP contribution in [0.3, 0.4) is 0 Å². The molecule has 7 heteroatoms. The van der Waals surface area contributed by atoms with Gasteiger partial charge < -0.3 is 4.90 Å². The van der Waals surface area contributed by atoms with Crippen LogP contribution in [-0.2, 0) is 21.1 Å². The molecule has 4 rings (SSSR count). The van der Waals surface area contributed by atoms with Crippen LogP contribution in [0.25, 0.3) is 10.1 Å². The van der Waals surface area contributed by atoms with E-state index in [4.69, 9.17) is 0 Å². The van der Waals surface area contributed by atoms with Crippen molar-refractivity contribution in [2.75, 3.05) is 18.1 Å². The zero-order valence-corrected chi connectivity index (χ0v) is 15.0. The normalized spacial score (nSPS) is 24.0. The monoisotopic (exact) mass is 364 g/mol. The van der Waals surface area contributed by atoms with Crippen molar-refractivity contribution in [3.05, 3.63) is 30.0 Å². The van der Waals surface area contributed by atoms with Crippen molar-refractivity contribution in [1.29, 1.82) is 0 Å². The van der Waals surface area contributed by atoms with Crippen molar-refractivity contribution in [1.82, 2.24) is 9.27 Å². The van der Waals surface area contributed by atoms with Crippen LogP contribution in [0, 0.1) is 5.92 Å². The molecule has 5 nitrogen and oxygen atoms in total. The minimum atomic E-state index is -3.02. The predicted molar refractivity (Wildman–Crippen MR) is 94.8 cm³/mol. The number of benzene rings is 1. The number of rotatable bonds is 3. The van der Waals surface area contributed by atoms with Gasteiger partial charge in [-0.15, -0.1) is 0 Å². The zero-order valence-electron chi connectivity index (χ0n) is 13.3. The Balaban J connectivity index is 1.56. The highest BCUT2D eigenvalue weighted by atomic mass is 32.2. The predicted octanol–water partition coefficient (Wildman–Crippen LogP) is 2.26. The number of fused-ring (bicyclic) bond motifs is 1. The summed E-state index contributed by atoms with van der Waals surface area (Å²) in [5, 5.41) is 1.03. The summed E-state index contributed by atoms with van der Waals surface area (Å²) in [7, 11) is -3.02. The van der Waals surface area contributed by atoms with Gasteiger partial charge >= 0.3 is 0 Å². The van der Waals surface area contributed by atoms with Gasteiger partial charge in [-0.1, -0.05) is 24.6 Å². The summed E-state index contributed by atoms with van der Waals surface area (Å²) in [6.45, 7) is 0.324. The van der Waals surface area contributed by atoms with Crippen molar-refractivity contribution in [2.45, 2.75) is 31.7 Å². The average molecular weight is 364 g/mol. The van der Waals surface area contributed by atoms with Crippen LogP contribution >= 0.6 is 11.5 Å². The number of carbonyl (C=O) groups excluding carboxylic acids is 1. The molecule has 128 valence electrons. The molecule has 24 heavy (non-hydrogen) atoms. The van der Waals surface area contributed by atoms with Gasteiger partial charge in [0.25, 0.3) is 0 Å². The van der Waals surface area contributed by atoms with E-state index in [1.807, 2.05) is 29.2 Å². The van der Waals surface area contributed by atoms with Gasteiger partial charge in [-0.05, 0) is 36.4 Å². The number of sulfone groups is 1. The third-order valence-corrected chi connectivity index (χ3v) is 7.77. The van der Waals surface area contributed by atoms with Gasteiger partial charge in [-0.25, -0.2) is 8.42 Å². The van der Waals surface area contributed by atoms with E-state index in [1.165, 1.54) is 11.5 Å². The second-order valence-corrected chi connectivity index (χ2v) is 9.80. The van der Waals surface area contributed by atoms with E-state index >= 15 is 0 Å². The molecule has 1 saturated carbocycles. The van der Waals surface area contributed by atoms with Crippen LogP contribution in [0.4, 0.5) is 0 Å². The second kappa shape index (κ2) is 6.11. The quantitative estimate of drug-likeness (QED) is 0.838. The van der Waals surface area contributed by atoms with Gasteiger partial charge in [0.05, 0.1) is 28.3 Å². The van der Waals surface area contributed by atoms with Gasteiger partial charge in [-0.2, -0.15) is 4.37 Å². The Morgan fingerprint density at radius 1 is 1.29 bits per heavy atom. The maximum Gasteiger partial charge on any atom is 0.228 e. The number of nitrogens with zero attached hydrogens (tertiary/aromatic N) is 2. The molecule has 0 spiro atoms. The summed E-state index contributed by atoms with van der Waals surface area (Å²) < 4.78 is 29.6. The Labute approximate surface area is 145 Å². The van der Waals surface area contributed by atoms with E-state index in [1.54, 1.807) is 0 Å². The average Bonchev–Trinajstić information content (AvgIpc) is 2.88. The first kappa shape index (κ1) is 16.0. The van der Waals surface area contributed by atoms with Crippen molar-refractivity contribution >= 4 is 37.4 Å². The van der Waals surface area contributed by atoms with Crippen LogP contribution in [0.1, 0.15) is 25.0 Å². The molecular formula is C17H20N2O3S2. The van der Waals surface area contributed by atoms with Gasteiger partial charge in [0.15, 0.2) is 9.84 Å². The number of hydrogen-bond acceptors (Lipinski definition) is 5. The lowest BCUT2D eigenvalue weighted by Gasteiger charge is -2.43. The standard InChI is InChI=1S/C17H20N2O3S2/c20-17(10-14-13-6-1-2-7-16(13)23-18-14)19-8-9-24(21,22)11-15(19)12-4-3-5-12/h1-2,6-7,12,15H,3-5,8-11H2. The molecule has 0 N–H and O–H groups in total. The maximum atomic E-state index is 12.9. The highest BCUT2D eigenvalue weighted by molar-refractivity contribution is 7.91. The van der Waals surface area contributed by atoms with E-state index in [2.05, 4.69) is 4.37 Å². The molecule has 2 aliphatic rings. The van der Waals surface area contributed by atoms with Crippen molar-refractivity contribution in [3.63, 3.8) is 0 Å². The van der Waals surface area contributed by atoms with E-state index < -0.39 is 9.84 Å². The molecule has 1 unspecified atom stereocenters. The fraction of sp³-hybridized carbons (Fsp3) is 0.529.